The Labute approximate surface area is 194 Å². The van der Waals surface area contributed by atoms with Crippen LogP contribution in [0.1, 0.15) is 23.0 Å². The van der Waals surface area contributed by atoms with Crippen molar-refractivity contribution in [2.24, 2.45) is 5.10 Å². The first-order chi connectivity index (χ1) is 16.1. The summed E-state index contributed by atoms with van der Waals surface area (Å²) in [4.78, 5) is 22.5. The molecule has 0 saturated heterocycles. The molecule has 1 heterocycles. The number of carbonyl (C=O) groups is 2. The predicted molar refractivity (Wildman–Crippen MR) is 123 cm³/mol. The molecule has 34 heavy (non-hydrogen) atoms. The summed E-state index contributed by atoms with van der Waals surface area (Å²) < 4.78 is 41.4. The zero-order valence-corrected chi connectivity index (χ0v) is 18.2. The lowest BCUT2D eigenvalue weighted by atomic mass is 10.1. The van der Waals surface area contributed by atoms with Crippen LogP contribution in [0.3, 0.4) is 0 Å². The number of anilines is 1. The van der Waals surface area contributed by atoms with Crippen molar-refractivity contribution < 1.29 is 27.2 Å². The molecule has 0 bridgehead atoms. The first-order valence-corrected chi connectivity index (χ1v) is 9.05. The van der Waals surface area contributed by atoms with Crippen LogP contribution in [0.2, 0.25) is 0 Å². The van der Waals surface area contributed by atoms with Crippen molar-refractivity contribution in [1.29, 1.82) is 0 Å². The third-order valence-corrected chi connectivity index (χ3v) is 3.25. The molecule has 2 aromatic rings. The SMILES string of the molecule is C/C(=N\NC(=O)c1ccco1)c1ccc(NC(=O)C(F)(F)F)cc1.C=C=C=C.C=C=C=C=C=C. The van der Waals surface area contributed by atoms with Crippen LogP contribution in [0, 0.1) is 0 Å². The number of benzene rings is 1. The quantitative estimate of drug-likeness (QED) is 0.355. The second-order valence-electron chi connectivity index (χ2n) is 5.60. The Hall–Kier alpha value is -4.94. The molecule has 9 heteroatoms. The minimum absolute atomic E-state index is 0.00602. The molecule has 2 N–H and O–H groups in total. The van der Waals surface area contributed by atoms with E-state index in [1.807, 2.05) is 0 Å². The van der Waals surface area contributed by atoms with E-state index in [0.29, 0.717) is 11.3 Å². The smallest absolute Gasteiger partial charge is 0.459 e. The second kappa shape index (κ2) is 15.8. The fraction of sp³-hybridized carbons (Fsp3) is 0.0800. The zero-order valence-electron chi connectivity index (χ0n) is 18.2. The van der Waals surface area contributed by atoms with Crippen LogP contribution in [0.15, 0.2) is 113 Å². The van der Waals surface area contributed by atoms with Gasteiger partial charge >= 0.3 is 18.0 Å². The Morgan fingerprint density at radius 1 is 0.941 bits per heavy atom. The van der Waals surface area contributed by atoms with E-state index in [4.69, 9.17) is 4.42 Å². The van der Waals surface area contributed by atoms with Gasteiger partial charge in [-0.1, -0.05) is 35.1 Å². The number of halogens is 3. The Bertz CT molecular complexity index is 1180. The number of rotatable bonds is 4. The summed E-state index contributed by atoms with van der Waals surface area (Å²) >= 11 is 0. The van der Waals surface area contributed by atoms with Gasteiger partial charge in [0.15, 0.2) is 5.76 Å². The lowest BCUT2D eigenvalue weighted by molar-refractivity contribution is -0.167. The average molecular weight is 467 g/mol. The molecule has 0 unspecified atom stereocenters. The molecule has 174 valence electrons. The van der Waals surface area contributed by atoms with E-state index in [2.05, 4.69) is 71.2 Å². The molecule has 1 aromatic carbocycles. The van der Waals surface area contributed by atoms with Crippen molar-refractivity contribution in [2.45, 2.75) is 13.1 Å². The molecule has 0 atom stereocenters. The second-order valence-corrected chi connectivity index (χ2v) is 5.60. The number of furan rings is 1. The number of nitrogens with zero attached hydrogens (tertiary/aromatic N) is 1. The molecule has 0 aliphatic carbocycles. The van der Waals surface area contributed by atoms with E-state index < -0.39 is 18.0 Å². The number of nitrogens with one attached hydrogen (secondary N) is 2. The Kier molecular flexibility index (Phi) is 13.5. The minimum atomic E-state index is -4.95. The van der Waals surface area contributed by atoms with Crippen LogP contribution < -0.4 is 10.7 Å². The van der Waals surface area contributed by atoms with E-state index in [-0.39, 0.29) is 11.4 Å². The van der Waals surface area contributed by atoms with Crippen LogP contribution in [0.5, 0.6) is 0 Å². The Morgan fingerprint density at radius 3 is 1.91 bits per heavy atom. The van der Waals surface area contributed by atoms with Gasteiger partial charge in [-0.2, -0.15) is 18.3 Å². The summed E-state index contributed by atoms with van der Waals surface area (Å²) in [6.45, 7) is 14.4. The standard InChI is InChI=1S/C15H12F3N3O3.C6H4.C4H4/c1-9(20-21-13(22)12-3-2-8-24-12)10-4-6-11(7-5-10)19-14(23)15(16,17)18;1-3-5-6-4-2;1-3-4-2/h2-8H,1H3,(H,19,23)(H,21,22);1-2H2;1-2H2/b20-9+;;. The highest BCUT2D eigenvalue weighted by Gasteiger charge is 2.38. The van der Waals surface area contributed by atoms with Crippen molar-refractivity contribution in [1.82, 2.24) is 5.43 Å². The van der Waals surface area contributed by atoms with Gasteiger partial charge in [0.05, 0.1) is 12.0 Å². The third-order valence-electron chi connectivity index (χ3n) is 3.25. The maximum atomic E-state index is 12.2. The first kappa shape index (κ1) is 29.1. The van der Waals surface area contributed by atoms with Crippen molar-refractivity contribution in [2.75, 3.05) is 5.32 Å². The van der Waals surface area contributed by atoms with Crippen molar-refractivity contribution in [3.8, 4) is 0 Å². The van der Waals surface area contributed by atoms with Crippen molar-refractivity contribution >= 4 is 23.2 Å². The van der Waals surface area contributed by atoms with Crippen LogP contribution in [-0.4, -0.2) is 23.7 Å². The van der Waals surface area contributed by atoms with Crippen LogP contribution in [0.25, 0.3) is 0 Å². The molecule has 0 fully saturated rings. The summed E-state index contributed by atoms with van der Waals surface area (Å²) in [5.74, 6) is -2.49. The van der Waals surface area contributed by atoms with Gasteiger partial charge in [-0.15, -0.1) is 0 Å². The number of hydrazone groups is 1. The fourth-order valence-corrected chi connectivity index (χ4v) is 1.75. The highest BCUT2D eigenvalue weighted by atomic mass is 19.4. The molecule has 1 aromatic heterocycles. The monoisotopic (exact) mass is 467 g/mol. The maximum Gasteiger partial charge on any atom is 0.471 e. The Morgan fingerprint density at radius 2 is 1.50 bits per heavy atom. The van der Waals surface area contributed by atoms with Gasteiger partial charge in [0.25, 0.3) is 0 Å². The van der Waals surface area contributed by atoms with Crippen LogP contribution in [-0.2, 0) is 4.79 Å². The predicted octanol–water partition coefficient (Wildman–Crippen LogP) is 5.47. The van der Waals surface area contributed by atoms with Crippen LogP contribution in [0.4, 0.5) is 18.9 Å². The first-order valence-electron chi connectivity index (χ1n) is 9.05. The fourth-order valence-electron chi connectivity index (χ4n) is 1.75. The molecule has 0 saturated carbocycles. The highest BCUT2D eigenvalue weighted by Crippen LogP contribution is 2.18. The molecule has 0 spiro atoms. The normalized spacial score (nSPS) is 9.35. The van der Waals surface area contributed by atoms with E-state index in [1.165, 1.54) is 36.6 Å². The molecule has 0 aliphatic rings. The zero-order chi connectivity index (χ0) is 26.0. The van der Waals surface area contributed by atoms with Gasteiger partial charge in [-0.25, -0.2) is 5.43 Å². The number of hydrogen-bond donors (Lipinski definition) is 2. The van der Waals surface area contributed by atoms with Gasteiger partial charge in [0, 0.05) is 5.69 Å². The van der Waals surface area contributed by atoms with E-state index in [1.54, 1.807) is 18.3 Å². The Balaban J connectivity index is 0.000000917. The van der Waals surface area contributed by atoms with Crippen molar-refractivity contribution in [3.63, 3.8) is 0 Å². The number of carbonyl (C=O) groups excluding carboxylic acids is 2. The summed E-state index contributed by atoms with van der Waals surface area (Å²) in [5.41, 5.74) is 17.4. The number of alkyl halides is 3. The van der Waals surface area contributed by atoms with E-state index in [9.17, 15) is 22.8 Å². The van der Waals surface area contributed by atoms with Crippen LogP contribution >= 0.6 is 0 Å². The lowest BCUT2D eigenvalue weighted by Gasteiger charge is -2.08. The lowest BCUT2D eigenvalue weighted by Crippen LogP contribution is -2.29. The van der Waals surface area contributed by atoms with Gasteiger partial charge in [-0.05, 0) is 74.5 Å². The van der Waals surface area contributed by atoms with E-state index >= 15 is 0 Å². The minimum Gasteiger partial charge on any atom is -0.459 e. The summed E-state index contributed by atoms with van der Waals surface area (Å²) in [6.07, 6.45) is -3.61. The molecular weight excluding hydrogens is 447 g/mol. The van der Waals surface area contributed by atoms with Gasteiger partial charge in [-0.3, -0.25) is 9.59 Å². The van der Waals surface area contributed by atoms with Gasteiger partial charge < -0.3 is 9.73 Å². The topological polar surface area (TPSA) is 83.7 Å². The summed E-state index contributed by atoms with van der Waals surface area (Å²) in [6, 6.07) is 8.55. The van der Waals surface area contributed by atoms with Crippen molar-refractivity contribution in [3.05, 3.63) is 115 Å². The molecule has 2 amide bonds. The average Bonchev–Trinajstić information content (AvgIpc) is 3.36. The highest BCUT2D eigenvalue weighted by molar-refractivity contribution is 6.01. The van der Waals surface area contributed by atoms with Gasteiger partial charge in [0.2, 0.25) is 0 Å². The summed E-state index contributed by atoms with van der Waals surface area (Å²) in [5, 5.41) is 5.60. The van der Waals surface area contributed by atoms with Gasteiger partial charge in [0.1, 0.15) is 0 Å². The molecule has 0 aliphatic heterocycles. The molecule has 2 rings (SSSR count). The number of hydrogen-bond acceptors (Lipinski definition) is 4. The number of amides is 2. The third kappa shape index (κ3) is 12.0. The molecular formula is C25H20F3N3O3. The van der Waals surface area contributed by atoms with E-state index in [0.717, 1.165) is 0 Å². The molecule has 6 nitrogen and oxygen atoms in total. The molecule has 0 radical (unpaired) electrons. The summed E-state index contributed by atoms with van der Waals surface area (Å²) in [7, 11) is 0. The largest absolute Gasteiger partial charge is 0.471 e. The maximum absolute atomic E-state index is 12.2.